The van der Waals surface area contributed by atoms with E-state index in [0.29, 0.717) is 0 Å². The molecule has 2 heterocycles. The molecule has 0 amide bonds. The maximum absolute atomic E-state index is 5.89. The van der Waals surface area contributed by atoms with Gasteiger partial charge in [0.25, 0.3) is 0 Å². The van der Waals surface area contributed by atoms with Crippen molar-refractivity contribution < 1.29 is 0 Å². The van der Waals surface area contributed by atoms with Gasteiger partial charge in [0.1, 0.15) is 0 Å². The molecule has 0 radical (unpaired) electrons. The second-order valence-electron chi connectivity index (χ2n) is 4.30. The first kappa shape index (κ1) is 11.9. The zero-order valence-corrected chi connectivity index (χ0v) is 10.9. The molecule has 3 aromatic rings. The predicted octanol–water partition coefficient (Wildman–Crippen LogP) is 3.72. The van der Waals surface area contributed by atoms with Gasteiger partial charge < -0.3 is 0 Å². The molecule has 0 saturated carbocycles. The molecule has 1 aromatic carbocycles. The summed E-state index contributed by atoms with van der Waals surface area (Å²) >= 11 is 5.89. The largest absolute Gasteiger partial charge is 0.282 e. The molecular weight excluding hydrogens is 258 g/mol. The minimum atomic E-state index is 0.753. The van der Waals surface area contributed by atoms with Crippen molar-refractivity contribution in [2.75, 3.05) is 0 Å². The quantitative estimate of drug-likeness (QED) is 0.787. The Morgan fingerprint density at radius 1 is 1.00 bits per heavy atom. The lowest BCUT2D eigenvalue weighted by molar-refractivity contribution is 0.997. The lowest BCUT2D eigenvalue weighted by atomic mass is 10.0. The van der Waals surface area contributed by atoms with Gasteiger partial charge in [-0.15, -0.1) is 0 Å². The molecule has 19 heavy (non-hydrogen) atoms. The average Bonchev–Trinajstić information content (AvgIpc) is 2.90. The summed E-state index contributed by atoms with van der Waals surface area (Å²) < 4.78 is 0. The first-order valence-corrected chi connectivity index (χ1v) is 6.38. The molecule has 0 fully saturated rings. The number of H-pyrrole nitrogens is 1. The third-order valence-corrected chi connectivity index (χ3v) is 3.26. The maximum Gasteiger partial charge on any atom is 0.0568 e. The minimum Gasteiger partial charge on any atom is -0.282 e. The SMILES string of the molecule is Clc1ccc(Cc2[nH]ncc2-c2ccncc2)cc1. The van der Waals surface area contributed by atoms with Gasteiger partial charge in [-0.1, -0.05) is 23.7 Å². The van der Waals surface area contributed by atoms with Crippen LogP contribution in [0, 0.1) is 0 Å². The van der Waals surface area contributed by atoms with Crippen molar-refractivity contribution in [2.45, 2.75) is 6.42 Å². The maximum atomic E-state index is 5.89. The van der Waals surface area contributed by atoms with E-state index in [1.165, 1.54) is 5.56 Å². The van der Waals surface area contributed by atoms with Crippen LogP contribution < -0.4 is 0 Å². The summed E-state index contributed by atoms with van der Waals surface area (Å²) in [5, 5.41) is 7.96. The van der Waals surface area contributed by atoms with E-state index in [1.807, 2.05) is 42.6 Å². The van der Waals surface area contributed by atoms with Gasteiger partial charge in [-0.2, -0.15) is 5.10 Å². The Morgan fingerprint density at radius 3 is 2.47 bits per heavy atom. The highest BCUT2D eigenvalue weighted by molar-refractivity contribution is 6.30. The van der Waals surface area contributed by atoms with Gasteiger partial charge in [-0.25, -0.2) is 0 Å². The van der Waals surface area contributed by atoms with Crippen molar-refractivity contribution in [1.29, 1.82) is 0 Å². The second kappa shape index (κ2) is 5.24. The topological polar surface area (TPSA) is 41.6 Å². The molecule has 0 atom stereocenters. The highest BCUT2D eigenvalue weighted by Crippen LogP contribution is 2.23. The smallest absolute Gasteiger partial charge is 0.0568 e. The summed E-state index contributed by atoms with van der Waals surface area (Å²) in [5.41, 5.74) is 4.52. The van der Waals surface area contributed by atoms with Crippen LogP contribution in [0.4, 0.5) is 0 Å². The number of rotatable bonds is 3. The van der Waals surface area contributed by atoms with Crippen LogP contribution in [0.2, 0.25) is 5.02 Å². The summed E-state index contributed by atoms with van der Waals surface area (Å²) in [6.45, 7) is 0. The summed E-state index contributed by atoms with van der Waals surface area (Å²) in [5.74, 6) is 0. The Morgan fingerprint density at radius 2 is 1.74 bits per heavy atom. The number of hydrogen-bond donors (Lipinski definition) is 1. The van der Waals surface area contributed by atoms with Crippen LogP contribution >= 0.6 is 11.6 Å². The van der Waals surface area contributed by atoms with Crippen LogP contribution in [-0.4, -0.2) is 15.2 Å². The van der Waals surface area contributed by atoms with Crippen molar-refractivity contribution >= 4 is 11.6 Å². The Hall–Kier alpha value is -2.13. The van der Waals surface area contributed by atoms with Gasteiger partial charge in [0.05, 0.1) is 6.20 Å². The van der Waals surface area contributed by atoms with Crippen LogP contribution in [0.1, 0.15) is 11.3 Å². The highest BCUT2D eigenvalue weighted by atomic mass is 35.5. The highest BCUT2D eigenvalue weighted by Gasteiger charge is 2.08. The number of hydrogen-bond acceptors (Lipinski definition) is 2. The van der Waals surface area contributed by atoms with Crippen LogP contribution in [-0.2, 0) is 6.42 Å². The van der Waals surface area contributed by atoms with Crippen molar-refractivity contribution in [3.05, 3.63) is 71.3 Å². The molecule has 3 nitrogen and oxygen atoms in total. The van der Waals surface area contributed by atoms with Crippen molar-refractivity contribution in [2.24, 2.45) is 0 Å². The minimum absolute atomic E-state index is 0.753. The first-order valence-electron chi connectivity index (χ1n) is 6.00. The molecular formula is C15H12ClN3. The fraction of sp³-hybridized carbons (Fsp3) is 0.0667. The molecule has 2 aromatic heterocycles. The number of benzene rings is 1. The number of aromatic amines is 1. The number of nitrogens with zero attached hydrogens (tertiary/aromatic N) is 2. The number of halogens is 1. The van der Waals surface area contributed by atoms with Gasteiger partial charge in [0.15, 0.2) is 0 Å². The van der Waals surface area contributed by atoms with Crippen LogP contribution in [0.15, 0.2) is 55.0 Å². The van der Waals surface area contributed by atoms with E-state index in [0.717, 1.165) is 28.3 Å². The van der Waals surface area contributed by atoms with E-state index in [2.05, 4.69) is 15.2 Å². The van der Waals surface area contributed by atoms with E-state index in [-0.39, 0.29) is 0 Å². The van der Waals surface area contributed by atoms with E-state index < -0.39 is 0 Å². The van der Waals surface area contributed by atoms with E-state index in [4.69, 9.17) is 11.6 Å². The van der Waals surface area contributed by atoms with E-state index in [1.54, 1.807) is 12.4 Å². The van der Waals surface area contributed by atoms with Gasteiger partial charge in [0.2, 0.25) is 0 Å². The summed E-state index contributed by atoms with van der Waals surface area (Å²) in [6.07, 6.45) is 6.22. The second-order valence-corrected chi connectivity index (χ2v) is 4.74. The fourth-order valence-corrected chi connectivity index (χ4v) is 2.16. The number of aromatic nitrogens is 3. The van der Waals surface area contributed by atoms with Crippen molar-refractivity contribution in [3.8, 4) is 11.1 Å². The van der Waals surface area contributed by atoms with E-state index >= 15 is 0 Å². The Bertz CT molecular complexity index is 659. The van der Waals surface area contributed by atoms with Crippen molar-refractivity contribution in [3.63, 3.8) is 0 Å². The Kier molecular flexibility index (Phi) is 3.29. The van der Waals surface area contributed by atoms with Gasteiger partial charge in [0, 0.05) is 35.1 Å². The van der Waals surface area contributed by atoms with Crippen LogP contribution in [0.25, 0.3) is 11.1 Å². The molecule has 0 spiro atoms. The molecule has 3 rings (SSSR count). The zero-order valence-electron chi connectivity index (χ0n) is 10.2. The third kappa shape index (κ3) is 2.66. The molecule has 1 N–H and O–H groups in total. The third-order valence-electron chi connectivity index (χ3n) is 3.00. The number of pyridine rings is 1. The van der Waals surface area contributed by atoms with Crippen molar-refractivity contribution in [1.82, 2.24) is 15.2 Å². The summed E-state index contributed by atoms with van der Waals surface area (Å²) in [6, 6.07) is 11.8. The molecule has 4 heteroatoms. The van der Waals surface area contributed by atoms with E-state index in [9.17, 15) is 0 Å². The number of nitrogens with one attached hydrogen (secondary N) is 1. The molecule has 0 bridgehead atoms. The summed E-state index contributed by atoms with van der Waals surface area (Å²) in [4.78, 5) is 4.03. The first-order chi connectivity index (χ1) is 9.33. The molecule has 0 unspecified atom stereocenters. The lowest BCUT2D eigenvalue weighted by Gasteiger charge is -2.03. The van der Waals surface area contributed by atoms with Gasteiger partial charge in [-0.3, -0.25) is 10.1 Å². The fourth-order valence-electron chi connectivity index (χ4n) is 2.03. The molecule has 0 aliphatic carbocycles. The molecule has 94 valence electrons. The van der Waals surface area contributed by atoms with Crippen LogP contribution in [0.3, 0.4) is 0 Å². The normalized spacial score (nSPS) is 10.6. The standard InChI is InChI=1S/C15H12ClN3/c16-13-3-1-11(2-4-13)9-15-14(10-18-19-15)12-5-7-17-8-6-12/h1-8,10H,9H2,(H,18,19). The van der Waals surface area contributed by atoms with Crippen LogP contribution in [0.5, 0.6) is 0 Å². The molecule has 0 aliphatic rings. The summed E-state index contributed by atoms with van der Waals surface area (Å²) in [7, 11) is 0. The monoisotopic (exact) mass is 269 g/mol. The molecule has 0 aliphatic heterocycles. The average molecular weight is 270 g/mol. The zero-order chi connectivity index (χ0) is 13.1. The Labute approximate surface area is 116 Å². The Balaban J connectivity index is 1.91. The van der Waals surface area contributed by atoms with Gasteiger partial charge >= 0.3 is 0 Å². The molecule has 0 saturated heterocycles. The predicted molar refractivity (Wildman–Crippen MR) is 76.1 cm³/mol. The van der Waals surface area contributed by atoms with Gasteiger partial charge in [-0.05, 0) is 35.4 Å². The lowest BCUT2D eigenvalue weighted by Crippen LogP contribution is -1.91.